The van der Waals surface area contributed by atoms with Gasteiger partial charge in [0.2, 0.25) is 0 Å². The SMILES string of the molecule is CCCCNc1cc(N2CCC(CN)C2)ncn1. The van der Waals surface area contributed by atoms with Crippen molar-refractivity contribution in [3.8, 4) is 0 Å². The van der Waals surface area contributed by atoms with Gasteiger partial charge in [-0.05, 0) is 25.3 Å². The average Bonchev–Trinajstić information content (AvgIpc) is 2.88. The lowest BCUT2D eigenvalue weighted by molar-refractivity contribution is 0.602. The van der Waals surface area contributed by atoms with Crippen LogP contribution in [0, 0.1) is 5.92 Å². The van der Waals surface area contributed by atoms with Gasteiger partial charge in [-0.25, -0.2) is 9.97 Å². The lowest BCUT2D eigenvalue weighted by Gasteiger charge is -2.17. The second-order valence-electron chi connectivity index (χ2n) is 4.88. The van der Waals surface area contributed by atoms with Crippen molar-refractivity contribution in [3.63, 3.8) is 0 Å². The van der Waals surface area contributed by atoms with Crippen LogP contribution in [0.3, 0.4) is 0 Å². The Labute approximate surface area is 109 Å². The molecule has 1 aromatic heterocycles. The van der Waals surface area contributed by atoms with Crippen molar-refractivity contribution in [3.05, 3.63) is 12.4 Å². The molecule has 0 saturated carbocycles. The van der Waals surface area contributed by atoms with E-state index >= 15 is 0 Å². The standard InChI is InChI=1S/C13H23N5/c1-2-3-5-15-12-7-13(17-10-16-12)18-6-4-11(8-14)9-18/h7,10-11H,2-6,8-9,14H2,1H3,(H,15,16,17). The Balaban J connectivity index is 1.94. The molecule has 3 N–H and O–H groups in total. The Morgan fingerprint density at radius 3 is 3.11 bits per heavy atom. The maximum atomic E-state index is 5.71. The first-order chi connectivity index (χ1) is 8.83. The van der Waals surface area contributed by atoms with Crippen LogP contribution in [-0.2, 0) is 0 Å². The van der Waals surface area contributed by atoms with Crippen LogP contribution in [0.25, 0.3) is 0 Å². The molecule has 100 valence electrons. The number of unbranched alkanes of at least 4 members (excludes halogenated alkanes) is 1. The van der Waals surface area contributed by atoms with Gasteiger partial charge in [-0.1, -0.05) is 13.3 Å². The zero-order valence-corrected chi connectivity index (χ0v) is 11.1. The van der Waals surface area contributed by atoms with Crippen LogP contribution in [0.15, 0.2) is 12.4 Å². The van der Waals surface area contributed by atoms with Gasteiger partial charge in [0.15, 0.2) is 0 Å². The molecule has 1 aliphatic heterocycles. The summed E-state index contributed by atoms with van der Waals surface area (Å²) in [5, 5.41) is 3.33. The minimum atomic E-state index is 0.608. The number of hydrogen-bond acceptors (Lipinski definition) is 5. The van der Waals surface area contributed by atoms with Crippen molar-refractivity contribution in [1.29, 1.82) is 0 Å². The summed E-state index contributed by atoms with van der Waals surface area (Å²) in [6.07, 6.45) is 5.16. The maximum absolute atomic E-state index is 5.71. The summed E-state index contributed by atoms with van der Waals surface area (Å²) in [5.74, 6) is 2.54. The van der Waals surface area contributed by atoms with Crippen LogP contribution < -0.4 is 16.0 Å². The van der Waals surface area contributed by atoms with E-state index in [4.69, 9.17) is 5.73 Å². The van der Waals surface area contributed by atoms with E-state index in [0.29, 0.717) is 5.92 Å². The second-order valence-corrected chi connectivity index (χ2v) is 4.88. The molecule has 1 atom stereocenters. The van der Waals surface area contributed by atoms with Crippen LogP contribution in [0.1, 0.15) is 26.2 Å². The van der Waals surface area contributed by atoms with Crippen LogP contribution in [0.5, 0.6) is 0 Å². The van der Waals surface area contributed by atoms with E-state index in [0.717, 1.165) is 44.2 Å². The molecule has 5 heteroatoms. The summed E-state index contributed by atoms with van der Waals surface area (Å²) in [7, 11) is 0. The third-order valence-corrected chi connectivity index (χ3v) is 3.43. The Hall–Kier alpha value is -1.36. The predicted molar refractivity (Wildman–Crippen MR) is 74.8 cm³/mol. The topological polar surface area (TPSA) is 67.1 Å². The summed E-state index contributed by atoms with van der Waals surface area (Å²) in [5.41, 5.74) is 5.71. The molecule has 0 aliphatic carbocycles. The van der Waals surface area contributed by atoms with Crippen molar-refractivity contribution in [2.45, 2.75) is 26.2 Å². The highest BCUT2D eigenvalue weighted by atomic mass is 15.2. The van der Waals surface area contributed by atoms with Gasteiger partial charge in [-0.3, -0.25) is 0 Å². The molecule has 1 aromatic rings. The molecular formula is C13H23N5. The Kier molecular flexibility index (Phi) is 4.75. The molecule has 1 aliphatic rings. The third kappa shape index (κ3) is 3.32. The van der Waals surface area contributed by atoms with E-state index in [1.807, 2.05) is 6.07 Å². The monoisotopic (exact) mass is 249 g/mol. The molecule has 1 saturated heterocycles. The summed E-state index contributed by atoms with van der Waals surface area (Å²) < 4.78 is 0. The van der Waals surface area contributed by atoms with E-state index in [-0.39, 0.29) is 0 Å². The molecule has 0 aromatic carbocycles. The highest BCUT2D eigenvalue weighted by Gasteiger charge is 2.22. The Bertz CT molecular complexity index is 368. The largest absolute Gasteiger partial charge is 0.370 e. The zero-order valence-electron chi connectivity index (χ0n) is 11.1. The Morgan fingerprint density at radius 1 is 1.50 bits per heavy atom. The summed E-state index contributed by atoms with van der Waals surface area (Å²) >= 11 is 0. The maximum Gasteiger partial charge on any atom is 0.134 e. The highest BCUT2D eigenvalue weighted by Crippen LogP contribution is 2.22. The van der Waals surface area contributed by atoms with Crippen molar-refractivity contribution in [1.82, 2.24) is 9.97 Å². The fourth-order valence-electron chi connectivity index (χ4n) is 2.24. The lowest BCUT2D eigenvalue weighted by Crippen LogP contribution is -2.23. The Morgan fingerprint density at radius 2 is 2.39 bits per heavy atom. The molecular weight excluding hydrogens is 226 g/mol. The van der Waals surface area contributed by atoms with E-state index < -0.39 is 0 Å². The lowest BCUT2D eigenvalue weighted by atomic mass is 10.1. The fraction of sp³-hybridized carbons (Fsp3) is 0.692. The first-order valence-corrected chi connectivity index (χ1v) is 6.84. The number of rotatable bonds is 6. The average molecular weight is 249 g/mol. The predicted octanol–water partition coefficient (Wildman–Crippen LogP) is 1.47. The van der Waals surface area contributed by atoms with Crippen LogP contribution >= 0.6 is 0 Å². The van der Waals surface area contributed by atoms with Crippen LogP contribution in [0.4, 0.5) is 11.6 Å². The molecule has 0 amide bonds. The van der Waals surface area contributed by atoms with Crippen molar-refractivity contribution in [2.24, 2.45) is 11.7 Å². The molecule has 1 fully saturated rings. The molecule has 0 radical (unpaired) electrons. The van der Waals surface area contributed by atoms with Crippen LogP contribution in [-0.4, -0.2) is 36.1 Å². The van der Waals surface area contributed by atoms with Gasteiger partial charge in [0.25, 0.3) is 0 Å². The van der Waals surface area contributed by atoms with Gasteiger partial charge in [-0.2, -0.15) is 0 Å². The third-order valence-electron chi connectivity index (χ3n) is 3.43. The zero-order chi connectivity index (χ0) is 12.8. The van der Waals surface area contributed by atoms with Gasteiger partial charge in [0.1, 0.15) is 18.0 Å². The van der Waals surface area contributed by atoms with Gasteiger partial charge in [-0.15, -0.1) is 0 Å². The van der Waals surface area contributed by atoms with Crippen molar-refractivity contribution < 1.29 is 0 Å². The second kappa shape index (κ2) is 6.54. The number of nitrogens with two attached hydrogens (primary N) is 1. The summed E-state index contributed by atoms with van der Waals surface area (Å²) in [6.45, 7) is 5.99. The molecule has 5 nitrogen and oxygen atoms in total. The van der Waals surface area contributed by atoms with E-state index in [9.17, 15) is 0 Å². The normalized spacial score (nSPS) is 19.2. The quantitative estimate of drug-likeness (QED) is 0.747. The molecule has 2 rings (SSSR count). The number of anilines is 2. The minimum absolute atomic E-state index is 0.608. The number of hydrogen-bond donors (Lipinski definition) is 2. The van der Waals surface area contributed by atoms with Crippen molar-refractivity contribution in [2.75, 3.05) is 36.4 Å². The van der Waals surface area contributed by atoms with Gasteiger partial charge >= 0.3 is 0 Å². The van der Waals surface area contributed by atoms with E-state index in [2.05, 4.69) is 27.1 Å². The molecule has 1 unspecified atom stereocenters. The summed E-state index contributed by atoms with van der Waals surface area (Å²) in [4.78, 5) is 10.9. The van der Waals surface area contributed by atoms with E-state index in [1.165, 1.54) is 12.8 Å². The number of aromatic nitrogens is 2. The molecule has 18 heavy (non-hydrogen) atoms. The summed E-state index contributed by atoms with van der Waals surface area (Å²) in [6, 6.07) is 2.04. The molecule has 2 heterocycles. The van der Waals surface area contributed by atoms with Gasteiger partial charge < -0.3 is 16.0 Å². The van der Waals surface area contributed by atoms with E-state index in [1.54, 1.807) is 6.33 Å². The minimum Gasteiger partial charge on any atom is -0.370 e. The fourth-order valence-corrected chi connectivity index (χ4v) is 2.24. The van der Waals surface area contributed by atoms with Gasteiger partial charge in [0, 0.05) is 25.7 Å². The highest BCUT2D eigenvalue weighted by molar-refractivity contribution is 5.49. The van der Waals surface area contributed by atoms with Crippen LogP contribution in [0.2, 0.25) is 0 Å². The number of nitrogens with one attached hydrogen (secondary N) is 1. The number of nitrogens with zero attached hydrogens (tertiary/aromatic N) is 3. The molecule has 0 bridgehead atoms. The first-order valence-electron chi connectivity index (χ1n) is 6.84. The molecule has 0 spiro atoms. The first kappa shape index (κ1) is 13.1. The van der Waals surface area contributed by atoms with Gasteiger partial charge in [0.05, 0.1) is 0 Å². The smallest absolute Gasteiger partial charge is 0.134 e. The van der Waals surface area contributed by atoms with Crippen molar-refractivity contribution >= 4 is 11.6 Å².